The number of nitrogens with one attached hydrogen (secondary N) is 2. The first-order valence-corrected chi connectivity index (χ1v) is 5.88. The molecule has 0 aromatic heterocycles. The lowest BCUT2D eigenvalue weighted by Gasteiger charge is -2.08. The normalized spacial score (nSPS) is 10.2. The minimum atomic E-state index is -0.307. The summed E-state index contributed by atoms with van der Waals surface area (Å²) in [7, 11) is 1.62. The lowest BCUT2D eigenvalue weighted by atomic mass is 10.2. The van der Waals surface area contributed by atoms with Crippen molar-refractivity contribution in [1.82, 2.24) is 5.32 Å². The molecule has 0 aliphatic heterocycles. The van der Waals surface area contributed by atoms with Crippen molar-refractivity contribution in [3.05, 3.63) is 29.6 Å². The van der Waals surface area contributed by atoms with Gasteiger partial charge in [0.05, 0.1) is 6.54 Å². The van der Waals surface area contributed by atoms with Gasteiger partial charge in [0.15, 0.2) is 0 Å². The van der Waals surface area contributed by atoms with Gasteiger partial charge in [-0.05, 0) is 37.1 Å². The van der Waals surface area contributed by atoms with Crippen molar-refractivity contribution < 1.29 is 13.9 Å². The van der Waals surface area contributed by atoms with Gasteiger partial charge in [0, 0.05) is 25.9 Å². The zero-order valence-electron chi connectivity index (χ0n) is 10.8. The number of aryl methyl sites for hydroxylation is 1. The number of hydrogen-bond donors (Lipinski definition) is 2. The first-order valence-electron chi connectivity index (χ1n) is 5.88. The summed E-state index contributed by atoms with van der Waals surface area (Å²) in [5.74, 6) is -0.425. The van der Waals surface area contributed by atoms with Crippen molar-refractivity contribution >= 4 is 11.6 Å². The summed E-state index contributed by atoms with van der Waals surface area (Å²) in [6, 6.07) is 4.60. The SMILES string of the molecule is COCCCNC(=O)CNc1cc(C)cc(F)c1. The van der Waals surface area contributed by atoms with Crippen molar-refractivity contribution in [2.45, 2.75) is 13.3 Å². The Hall–Kier alpha value is -1.62. The highest BCUT2D eigenvalue weighted by Crippen LogP contribution is 2.12. The first kappa shape index (κ1) is 14.4. The zero-order chi connectivity index (χ0) is 13.4. The molecule has 1 rings (SSSR count). The molecule has 18 heavy (non-hydrogen) atoms. The molecule has 0 aliphatic carbocycles. The molecule has 100 valence electrons. The highest BCUT2D eigenvalue weighted by Gasteiger charge is 2.02. The van der Waals surface area contributed by atoms with Gasteiger partial charge in [0.2, 0.25) is 5.91 Å². The van der Waals surface area contributed by atoms with E-state index in [-0.39, 0.29) is 18.3 Å². The van der Waals surface area contributed by atoms with Gasteiger partial charge in [-0.25, -0.2) is 4.39 Å². The van der Waals surface area contributed by atoms with E-state index in [9.17, 15) is 9.18 Å². The summed E-state index contributed by atoms with van der Waals surface area (Å²) in [6.07, 6.45) is 0.779. The molecule has 0 saturated heterocycles. The van der Waals surface area contributed by atoms with E-state index in [1.54, 1.807) is 20.1 Å². The second-order valence-corrected chi connectivity index (χ2v) is 4.07. The molecular weight excluding hydrogens is 235 g/mol. The van der Waals surface area contributed by atoms with E-state index < -0.39 is 0 Å². The smallest absolute Gasteiger partial charge is 0.239 e. The van der Waals surface area contributed by atoms with Crippen LogP contribution in [0.2, 0.25) is 0 Å². The molecule has 0 heterocycles. The third-order valence-corrected chi connectivity index (χ3v) is 2.34. The topological polar surface area (TPSA) is 50.4 Å². The quantitative estimate of drug-likeness (QED) is 0.728. The lowest BCUT2D eigenvalue weighted by Crippen LogP contribution is -2.31. The van der Waals surface area contributed by atoms with E-state index in [1.807, 2.05) is 0 Å². The molecule has 1 amide bonds. The van der Waals surface area contributed by atoms with Crippen molar-refractivity contribution in [2.75, 3.05) is 32.1 Å². The summed E-state index contributed by atoms with van der Waals surface area (Å²) in [4.78, 5) is 11.4. The third kappa shape index (κ3) is 5.63. The molecule has 1 aromatic rings. The summed E-state index contributed by atoms with van der Waals surface area (Å²) in [6.45, 7) is 3.14. The number of anilines is 1. The van der Waals surface area contributed by atoms with E-state index in [0.29, 0.717) is 18.8 Å². The number of carbonyl (C=O) groups is 1. The molecule has 0 unspecified atom stereocenters. The van der Waals surface area contributed by atoms with E-state index in [4.69, 9.17) is 4.74 Å². The van der Waals surface area contributed by atoms with Gasteiger partial charge >= 0.3 is 0 Å². The van der Waals surface area contributed by atoms with Gasteiger partial charge in [0.1, 0.15) is 5.82 Å². The molecule has 0 aliphatic rings. The average molecular weight is 254 g/mol. The predicted octanol–water partition coefficient (Wildman–Crippen LogP) is 1.70. The molecule has 0 saturated carbocycles. The Morgan fingerprint density at radius 2 is 2.17 bits per heavy atom. The van der Waals surface area contributed by atoms with E-state index in [2.05, 4.69) is 10.6 Å². The van der Waals surface area contributed by atoms with Crippen molar-refractivity contribution in [3.63, 3.8) is 0 Å². The fourth-order valence-corrected chi connectivity index (χ4v) is 1.53. The van der Waals surface area contributed by atoms with Gasteiger partial charge in [-0.15, -0.1) is 0 Å². The molecule has 0 spiro atoms. The Labute approximate surface area is 107 Å². The Morgan fingerprint density at radius 3 is 2.83 bits per heavy atom. The summed E-state index contributed by atoms with van der Waals surface area (Å²) in [5, 5.41) is 5.63. The van der Waals surface area contributed by atoms with Gasteiger partial charge in [0.25, 0.3) is 0 Å². The fourth-order valence-electron chi connectivity index (χ4n) is 1.53. The molecule has 0 atom stereocenters. The van der Waals surface area contributed by atoms with E-state index in [1.165, 1.54) is 12.1 Å². The van der Waals surface area contributed by atoms with Gasteiger partial charge in [-0.1, -0.05) is 0 Å². The van der Waals surface area contributed by atoms with Crippen LogP contribution in [-0.2, 0) is 9.53 Å². The Bertz CT molecular complexity index is 376. The number of halogens is 1. The monoisotopic (exact) mass is 254 g/mol. The van der Waals surface area contributed by atoms with Crippen LogP contribution in [-0.4, -0.2) is 32.7 Å². The van der Waals surface area contributed by atoms with E-state index >= 15 is 0 Å². The molecule has 0 bridgehead atoms. The third-order valence-electron chi connectivity index (χ3n) is 2.34. The lowest BCUT2D eigenvalue weighted by molar-refractivity contribution is -0.119. The second-order valence-electron chi connectivity index (χ2n) is 4.07. The highest BCUT2D eigenvalue weighted by molar-refractivity contribution is 5.80. The Kier molecular flexibility index (Phi) is 6.14. The van der Waals surface area contributed by atoms with Crippen molar-refractivity contribution in [1.29, 1.82) is 0 Å². The summed E-state index contributed by atoms with van der Waals surface area (Å²) in [5.41, 5.74) is 1.43. The number of benzene rings is 1. The highest BCUT2D eigenvalue weighted by atomic mass is 19.1. The second kappa shape index (κ2) is 7.66. The number of ether oxygens (including phenoxy) is 1. The zero-order valence-corrected chi connectivity index (χ0v) is 10.8. The molecule has 5 heteroatoms. The number of carbonyl (C=O) groups excluding carboxylic acids is 1. The maximum Gasteiger partial charge on any atom is 0.239 e. The van der Waals surface area contributed by atoms with Crippen LogP contribution in [0.25, 0.3) is 0 Å². The van der Waals surface area contributed by atoms with Crippen LogP contribution in [0, 0.1) is 12.7 Å². The molecule has 1 aromatic carbocycles. The first-order chi connectivity index (χ1) is 8.61. The van der Waals surface area contributed by atoms with E-state index in [0.717, 1.165) is 12.0 Å². The summed E-state index contributed by atoms with van der Waals surface area (Å²) < 4.78 is 18.0. The van der Waals surface area contributed by atoms with Gasteiger partial charge in [-0.3, -0.25) is 4.79 Å². The minimum Gasteiger partial charge on any atom is -0.385 e. The predicted molar refractivity (Wildman–Crippen MR) is 69.1 cm³/mol. The molecule has 2 N–H and O–H groups in total. The van der Waals surface area contributed by atoms with Crippen LogP contribution < -0.4 is 10.6 Å². The van der Waals surface area contributed by atoms with Crippen LogP contribution in [0.4, 0.5) is 10.1 Å². The number of rotatable bonds is 7. The number of methoxy groups -OCH3 is 1. The number of amides is 1. The molecule has 0 fully saturated rings. The Balaban J connectivity index is 2.29. The van der Waals surface area contributed by atoms with Crippen LogP contribution in [0.3, 0.4) is 0 Å². The standard InChI is InChI=1S/C13H19FN2O2/c1-10-6-11(14)8-12(7-10)16-9-13(17)15-4-3-5-18-2/h6-8,16H,3-5,9H2,1-2H3,(H,15,17). The minimum absolute atomic E-state index is 0.118. The molecule has 0 radical (unpaired) electrons. The molecular formula is C13H19FN2O2. The van der Waals surface area contributed by atoms with Gasteiger partial charge in [-0.2, -0.15) is 0 Å². The maximum atomic E-state index is 13.1. The van der Waals surface area contributed by atoms with Crippen LogP contribution >= 0.6 is 0 Å². The average Bonchev–Trinajstić information content (AvgIpc) is 2.31. The van der Waals surface area contributed by atoms with Crippen molar-refractivity contribution in [2.24, 2.45) is 0 Å². The van der Waals surface area contributed by atoms with Crippen molar-refractivity contribution in [3.8, 4) is 0 Å². The Morgan fingerprint density at radius 1 is 1.39 bits per heavy atom. The maximum absolute atomic E-state index is 13.1. The molecule has 4 nitrogen and oxygen atoms in total. The number of hydrogen-bond acceptors (Lipinski definition) is 3. The van der Waals surface area contributed by atoms with Crippen LogP contribution in [0.15, 0.2) is 18.2 Å². The largest absolute Gasteiger partial charge is 0.385 e. The summed E-state index contributed by atoms with van der Waals surface area (Å²) >= 11 is 0. The van der Waals surface area contributed by atoms with Crippen LogP contribution in [0.5, 0.6) is 0 Å². The van der Waals surface area contributed by atoms with Gasteiger partial charge < -0.3 is 15.4 Å². The fraction of sp³-hybridized carbons (Fsp3) is 0.462. The van der Waals surface area contributed by atoms with Crippen LogP contribution in [0.1, 0.15) is 12.0 Å².